The molecular weight excluding hydrogens is 460 g/mol. The van der Waals surface area contributed by atoms with Crippen molar-refractivity contribution in [2.24, 2.45) is 0 Å². The summed E-state index contributed by atoms with van der Waals surface area (Å²) in [5.41, 5.74) is 5.20. The van der Waals surface area contributed by atoms with Crippen molar-refractivity contribution in [3.8, 4) is 0 Å². The topological polar surface area (TPSA) is 89.3 Å². The van der Waals surface area contributed by atoms with Gasteiger partial charge in [-0.15, -0.1) is 11.3 Å². The number of nitrogens with one attached hydrogen (secondary N) is 1. The smallest absolute Gasteiger partial charge is 0.343 e. The lowest BCUT2D eigenvalue weighted by atomic mass is 9.83. The molecule has 2 aromatic carbocycles. The Kier molecular flexibility index (Phi) is 4.35. The van der Waals surface area contributed by atoms with Gasteiger partial charge in [-0.3, -0.25) is 9.20 Å². The highest BCUT2D eigenvalue weighted by Gasteiger charge is 2.30. The van der Waals surface area contributed by atoms with E-state index < -0.39 is 5.97 Å². The first-order valence-electron chi connectivity index (χ1n) is 11.5. The lowest BCUT2D eigenvalue weighted by Gasteiger charge is -2.22. The van der Waals surface area contributed by atoms with Gasteiger partial charge in [-0.05, 0) is 48.4 Å². The maximum Gasteiger partial charge on any atom is 0.343 e. The summed E-state index contributed by atoms with van der Waals surface area (Å²) >= 11 is 1.62. The van der Waals surface area contributed by atoms with Crippen LogP contribution in [0, 0.1) is 0 Å². The van der Waals surface area contributed by atoms with Crippen LogP contribution in [0.25, 0.3) is 38.1 Å². The fraction of sp³-hybridized carbons (Fsp3) is 0.185. The first-order chi connectivity index (χ1) is 17.1. The zero-order valence-corrected chi connectivity index (χ0v) is 19.7. The highest BCUT2D eigenvalue weighted by molar-refractivity contribution is 7.19. The van der Waals surface area contributed by atoms with Crippen LogP contribution in [0.1, 0.15) is 38.7 Å². The Bertz CT molecular complexity index is 1870. The number of methoxy groups -OCH3 is 1. The molecule has 1 atom stereocenters. The van der Waals surface area contributed by atoms with E-state index in [1.807, 2.05) is 34.7 Å². The van der Waals surface area contributed by atoms with Gasteiger partial charge in [0.1, 0.15) is 21.6 Å². The van der Waals surface area contributed by atoms with Crippen molar-refractivity contribution >= 4 is 55.4 Å². The molecule has 0 amide bonds. The summed E-state index contributed by atoms with van der Waals surface area (Å²) < 4.78 is 6.97. The van der Waals surface area contributed by atoms with Gasteiger partial charge in [0.05, 0.1) is 23.5 Å². The van der Waals surface area contributed by atoms with Gasteiger partial charge in [0.25, 0.3) is 5.56 Å². The fourth-order valence-corrected chi connectivity index (χ4v) is 6.83. The number of hydrogen-bond acceptors (Lipinski definition) is 6. The number of esters is 1. The zero-order valence-electron chi connectivity index (χ0n) is 18.9. The number of thiophene rings is 1. The number of H-pyrrole nitrogens is 1. The minimum absolute atomic E-state index is 0.194. The summed E-state index contributed by atoms with van der Waals surface area (Å²) in [6.45, 7) is 0. The third-order valence-corrected chi connectivity index (χ3v) is 8.27. The van der Waals surface area contributed by atoms with Crippen molar-refractivity contribution in [3.05, 3.63) is 86.5 Å². The third kappa shape index (κ3) is 2.89. The van der Waals surface area contributed by atoms with Crippen molar-refractivity contribution < 1.29 is 9.53 Å². The van der Waals surface area contributed by atoms with Crippen LogP contribution in [0.3, 0.4) is 0 Å². The van der Waals surface area contributed by atoms with Crippen LogP contribution in [0.2, 0.25) is 0 Å². The molecule has 8 heteroatoms. The first-order valence-corrected chi connectivity index (χ1v) is 12.4. The Morgan fingerprint density at radius 3 is 2.60 bits per heavy atom. The standard InChI is InChI=1S/C27H20N4O3S/c1-34-27(33)21-22-24(29-18-10-6-5-9-17(18)28-22)31-23(21)30-25(32)20-16-12-11-15(13-19(16)35-26(20)31)14-7-3-2-4-8-14/h2-10,15H,11-13H2,1H3,(H,30,32). The monoisotopic (exact) mass is 480 g/mol. The Labute approximate surface area is 203 Å². The second-order valence-electron chi connectivity index (χ2n) is 8.92. The van der Waals surface area contributed by atoms with Gasteiger partial charge in [0, 0.05) is 4.88 Å². The van der Waals surface area contributed by atoms with Crippen LogP contribution in [0.15, 0.2) is 59.4 Å². The summed E-state index contributed by atoms with van der Waals surface area (Å²) in [4.78, 5) is 40.9. The second kappa shape index (κ2) is 7.48. The van der Waals surface area contributed by atoms with E-state index in [-0.39, 0.29) is 11.1 Å². The van der Waals surface area contributed by atoms with Gasteiger partial charge < -0.3 is 9.72 Å². The lowest BCUT2D eigenvalue weighted by molar-refractivity contribution is 0.0604. The summed E-state index contributed by atoms with van der Waals surface area (Å²) in [5.74, 6) is -0.135. The molecule has 0 saturated carbocycles. The van der Waals surface area contributed by atoms with Crippen LogP contribution in [0.5, 0.6) is 0 Å². The van der Waals surface area contributed by atoms with Gasteiger partial charge >= 0.3 is 5.97 Å². The van der Waals surface area contributed by atoms with E-state index in [4.69, 9.17) is 14.7 Å². The summed E-state index contributed by atoms with van der Waals surface area (Å²) in [6.07, 6.45) is 2.71. The van der Waals surface area contributed by atoms with E-state index in [1.165, 1.54) is 17.6 Å². The number of benzene rings is 2. The summed E-state index contributed by atoms with van der Waals surface area (Å²) in [6, 6.07) is 18.1. The Morgan fingerprint density at radius 2 is 1.83 bits per heavy atom. The lowest BCUT2D eigenvalue weighted by Crippen LogP contribution is -2.15. The SMILES string of the molecule is COC(=O)c1c2nc3ccccc3nc2n2c1[nH]c(=O)c1c3c(sc12)CC(c1ccccc1)CC3. The predicted molar refractivity (Wildman–Crippen MR) is 137 cm³/mol. The zero-order chi connectivity index (χ0) is 23.7. The molecule has 0 aliphatic heterocycles. The molecule has 0 radical (unpaired) electrons. The van der Waals surface area contributed by atoms with E-state index >= 15 is 0 Å². The molecule has 7 nitrogen and oxygen atoms in total. The largest absolute Gasteiger partial charge is 0.465 e. The first kappa shape index (κ1) is 20.3. The molecule has 0 spiro atoms. The Balaban J connectivity index is 1.56. The number of carbonyl (C=O) groups excluding carboxylic acids is 1. The number of hydrogen-bond donors (Lipinski definition) is 1. The quantitative estimate of drug-likeness (QED) is 0.353. The van der Waals surface area contributed by atoms with Gasteiger partial charge in [0.2, 0.25) is 0 Å². The summed E-state index contributed by atoms with van der Waals surface area (Å²) in [7, 11) is 1.33. The second-order valence-corrected chi connectivity index (χ2v) is 10.0. The number of ether oxygens (including phenoxy) is 1. The summed E-state index contributed by atoms with van der Waals surface area (Å²) in [5, 5.41) is 0.687. The van der Waals surface area contributed by atoms with Crippen LogP contribution in [-0.4, -0.2) is 32.4 Å². The molecule has 0 saturated heterocycles. The molecule has 4 heterocycles. The number of aromatic amines is 1. The van der Waals surface area contributed by atoms with Crippen LogP contribution in [-0.2, 0) is 17.6 Å². The molecule has 4 aromatic heterocycles. The maximum absolute atomic E-state index is 13.4. The number of nitrogens with zero attached hydrogens (tertiary/aromatic N) is 3. The molecular formula is C27H20N4O3S. The molecule has 0 fully saturated rings. The Hall–Kier alpha value is -4.04. The Morgan fingerprint density at radius 1 is 1.09 bits per heavy atom. The number of para-hydroxylation sites is 2. The highest BCUT2D eigenvalue weighted by atomic mass is 32.1. The molecule has 35 heavy (non-hydrogen) atoms. The van der Waals surface area contributed by atoms with Crippen LogP contribution in [0.4, 0.5) is 0 Å². The molecule has 1 aliphatic carbocycles. The number of fused-ring (bicyclic) bond motifs is 8. The average molecular weight is 481 g/mol. The maximum atomic E-state index is 13.4. The van der Waals surface area contributed by atoms with Crippen LogP contribution >= 0.6 is 11.3 Å². The van der Waals surface area contributed by atoms with Crippen molar-refractivity contribution in [2.45, 2.75) is 25.2 Å². The van der Waals surface area contributed by atoms with Crippen molar-refractivity contribution in [3.63, 3.8) is 0 Å². The van der Waals surface area contributed by atoms with Gasteiger partial charge in [0.15, 0.2) is 5.65 Å². The van der Waals surface area contributed by atoms with Crippen molar-refractivity contribution in [1.82, 2.24) is 19.4 Å². The van der Waals surface area contributed by atoms with E-state index in [9.17, 15) is 9.59 Å². The normalized spacial score (nSPS) is 15.7. The van der Waals surface area contributed by atoms with Crippen molar-refractivity contribution in [1.29, 1.82) is 0 Å². The van der Waals surface area contributed by atoms with E-state index in [1.54, 1.807) is 11.3 Å². The van der Waals surface area contributed by atoms with Crippen LogP contribution < -0.4 is 5.56 Å². The highest BCUT2D eigenvalue weighted by Crippen LogP contribution is 2.41. The average Bonchev–Trinajstić information content (AvgIpc) is 3.42. The van der Waals surface area contributed by atoms with E-state index in [0.29, 0.717) is 33.6 Å². The molecule has 7 rings (SSSR count). The van der Waals surface area contributed by atoms with E-state index in [0.717, 1.165) is 35.2 Å². The van der Waals surface area contributed by atoms with Gasteiger partial charge in [-0.2, -0.15) is 0 Å². The number of carbonyl (C=O) groups is 1. The molecule has 1 unspecified atom stereocenters. The van der Waals surface area contributed by atoms with E-state index in [2.05, 4.69) is 29.2 Å². The number of aryl methyl sites for hydroxylation is 1. The van der Waals surface area contributed by atoms with Crippen molar-refractivity contribution in [2.75, 3.05) is 7.11 Å². The molecule has 1 aliphatic rings. The number of rotatable bonds is 2. The third-order valence-electron chi connectivity index (χ3n) is 7.03. The minimum atomic E-state index is -0.553. The van der Waals surface area contributed by atoms with Gasteiger partial charge in [-0.1, -0.05) is 42.5 Å². The molecule has 172 valence electrons. The minimum Gasteiger partial charge on any atom is -0.465 e. The number of aromatic nitrogens is 4. The fourth-order valence-electron chi connectivity index (χ4n) is 5.40. The molecule has 1 N–H and O–H groups in total. The predicted octanol–water partition coefficient (Wildman–Crippen LogP) is 5.00. The van der Waals surface area contributed by atoms with Gasteiger partial charge in [-0.25, -0.2) is 14.8 Å². The molecule has 0 bridgehead atoms. The molecule has 6 aromatic rings.